The average Bonchev–Trinajstić information content (AvgIpc) is 2.94. The molecule has 0 aliphatic carbocycles. The molecule has 1 N–H and O–H groups in total. The fraction of sp³-hybridized carbons (Fsp3) is 0.118. The van der Waals surface area contributed by atoms with Gasteiger partial charge in [0.05, 0.1) is 10.6 Å². The highest BCUT2D eigenvalue weighted by Gasteiger charge is 2.19. The molecule has 0 fully saturated rings. The SMILES string of the molecule is Cc1cc(-c2ccc(C)c(S(=O)(=O)Nc3ccccc3)c2)on1. The summed E-state index contributed by atoms with van der Waals surface area (Å²) in [6, 6.07) is 15.7. The Morgan fingerprint density at radius 2 is 1.74 bits per heavy atom. The van der Waals surface area contributed by atoms with Crippen LogP contribution in [0.2, 0.25) is 0 Å². The standard InChI is InChI=1S/C17H16N2O3S/c1-12-8-9-14(16-10-13(2)18-22-16)11-17(12)23(20,21)19-15-6-4-3-5-7-15/h3-11,19H,1-2H3. The molecule has 3 aromatic rings. The van der Waals surface area contributed by atoms with Crippen LogP contribution in [0.5, 0.6) is 0 Å². The summed E-state index contributed by atoms with van der Waals surface area (Å²) in [5.74, 6) is 0.540. The summed E-state index contributed by atoms with van der Waals surface area (Å²) in [7, 11) is -3.68. The van der Waals surface area contributed by atoms with Crippen LogP contribution >= 0.6 is 0 Å². The van der Waals surface area contributed by atoms with Gasteiger partial charge in [0, 0.05) is 17.3 Å². The smallest absolute Gasteiger partial charge is 0.262 e. The van der Waals surface area contributed by atoms with Crippen molar-refractivity contribution in [3.05, 3.63) is 65.9 Å². The number of hydrogen-bond donors (Lipinski definition) is 1. The molecule has 0 atom stereocenters. The molecule has 1 heterocycles. The summed E-state index contributed by atoms with van der Waals surface area (Å²) in [5.41, 5.74) is 2.60. The number of nitrogens with one attached hydrogen (secondary N) is 1. The van der Waals surface area contributed by atoms with E-state index >= 15 is 0 Å². The molecule has 6 heteroatoms. The van der Waals surface area contributed by atoms with Crippen LogP contribution in [0.3, 0.4) is 0 Å². The Morgan fingerprint density at radius 3 is 2.39 bits per heavy atom. The van der Waals surface area contributed by atoms with E-state index in [1.807, 2.05) is 19.1 Å². The lowest BCUT2D eigenvalue weighted by Gasteiger charge is -2.11. The predicted octanol–water partition coefficient (Wildman–Crippen LogP) is 3.76. The molecule has 0 radical (unpaired) electrons. The zero-order chi connectivity index (χ0) is 16.4. The van der Waals surface area contributed by atoms with Crippen molar-refractivity contribution in [2.45, 2.75) is 18.7 Å². The number of sulfonamides is 1. The first-order valence-electron chi connectivity index (χ1n) is 7.08. The Balaban J connectivity index is 2.01. The van der Waals surface area contributed by atoms with E-state index in [9.17, 15) is 8.42 Å². The van der Waals surface area contributed by atoms with Gasteiger partial charge in [0.2, 0.25) is 0 Å². The van der Waals surface area contributed by atoms with Gasteiger partial charge in [-0.15, -0.1) is 0 Å². The van der Waals surface area contributed by atoms with Crippen LogP contribution in [0.4, 0.5) is 5.69 Å². The number of rotatable bonds is 4. The van der Waals surface area contributed by atoms with Crippen LogP contribution in [-0.2, 0) is 10.0 Å². The third-order valence-corrected chi connectivity index (χ3v) is 4.94. The van der Waals surface area contributed by atoms with E-state index in [0.717, 1.165) is 5.69 Å². The van der Waals surface area contributed by atoms with E-state index in [1.54, 1.807) is 49.4 Å². The minimum absolute atomic E-state index is 0.216. The largest absolute Gasteiger partial charge is 0.356 e. The summed E-state index contributed by atoms with van der Waals surface area (Å²) < 4.78 is 33.1. The van der Waals surface area contributed by atoms with Gasteiger partial charge in [-0.3, -0.25) is 4.72 Å². The zero-order valence-corrected chi connectivity index (χ0v) is 13.6. The molecule has 5 nitrogen and oxygen atoms in total. The van der Waals surface area contributed by atoms with E-state index in [4.69, 9.17) is 4.52 Å². The molecule has 23 heavy (non-hydrogen) atoms. The molecule has 0 saturated heterocycles. The third-order valence-electron chi connectivity index (χ3n) is 3.42. The fourth-order valence-electron chi connectivity index (χ4n) is 2.26. The van der Waals surface area contributed by atoms with E-state index in [2.05, 4.69) is 9.88 Å². The molecule has 3 rings (SSSR count). The normalized spacial score (nSPS) is 11.4. The summed E-state index contributed by atoms with van der Waals surface area (Å²) in [5, 5.41) is 3.83. The van der Waals surface area contributed by atoms with Crippen LogP contribution in [-0.4, -0.2) is 13.6 Å². The lowest BCUT2D eigenvalue weighted by molar-refractivity contribution is 0.427. The highest BCUT2D eigenvalue weighted by Crippen LogP contribution is 2.27. The predicted molar refractivity (Wildman–Crippen MR) is 88.7 cm³/mol. The molecule has 118 valence electrons. The lowest BCUT2D eigenvalue weighted by atomic mass is 10.1. The summed E-state index contributed by atoms with van der Waals surface area (Å²) in [6.45, 7) is 3.57. The Hall–Kier alpha value is -2.60. The van der Waals surface area contributed by atoms with E-state index in [-0.39, 0.29) is 4.90 Å². The first-order chi connectivity index (χ1) is 11.0. The molecule has 0 aliphatic rings. The Labute approximate surface area is 135 Å². The highest BCUT2D eigenvalue weighted by atomic mass is 32.2. The maximum absolute atomic E-state index is 12.7. The highest BCUT2D eigenvalue weighted by molar-refractivity contribution is 7.92. The van der Waals surface area contributed by atoms with Crippen molar-refractivity contribution in [3.8, 4) is 11.3 Å². The van der Waals surface area contributed by atoms with Crippen molar-refractivity contribution in [3.63, 3.8) is 0 Å². The van der Waals surface area contributed by atoms with Gasteiger partial charge in [0.25, 0.3) is 10.0 Å². The van der Waals surface area contributed by atoms with Gasteiger partial charge in [-0.25, -0.2) is 8.42 Å². The Bertz CT molecular complexity index is 931. The van der Waals surface area contributed by atoms with Gasteiger partial charge in [-0.2, -0.15) is 0 Å². The van der Waals surface area contributed by atoms with Gasteiger partial charge >= 0.3 is 0 Å². The van der Waals surface area contributed by atoms with Gasteiger partial charge in [-0.05, 0) is 37.6 Å². The van der Waals surface area contributed by atoms with Crippen LogP contribution in [0.1, 0.15) is 11.3 Å². The van der Waals surface area contributed by atoms with Crippen molar-refractivity contribution < 1.29 is 12.9 Å². The molecule has 1 aromatic heterocycles. The molecule has 0 aliphatic heterocycles. The molecule has 0 saturated carbocycles. The summed E-state index contributed by atoms with van der Waals surface area (Å²) in [6.07, 6.45) is 0. The minimum atomic E-state index is -3.68. The third kappa shape index (κ3) is 3.27. The minimum Gasteiger partial charge on any atom is -0.356 e. The summed E-state index contributed by atoms with van der Waals surface area (Å²) in [4.78, 5) is 0.216. The molecule has 2 aromatic carbocycles. The maximum atomic E-state index is 12.7. The van der Waals surface area contributed by atoms with Gasteiger partial charge in [0.1, 0.15) is 0 Å². The molecular formula is C17H16N2O3S. The molecule has 0 bridgehead atoms. The number of aromatic nitrogens is 1. The van der Waals surface area contributed by atoms with Crippen LogP contribution in [0.15, 0.2) is 64.0 Å². The second kappa shape index (κ2) is 5.89. The zero-order valence-electron chi connectivity index (χ0n) is 12.8. The van der Waals surface area contributed by atoms with Crippen molar-refractivity contribution >= 4 is 15.7 Å². The van der Waals surface area contributed by atoms with Crippen molar-refractivity contribution in [1.29, 1.82) is 0 Å². The van der Waals surface area contributed by atoms with Crippen LogP contribution in [0.25, 0.3) is 11.3 Å². The average molecular weight is 328 g/mol. The topological polar surface area (TPSA) is 72.2 Å². The monoisotopic (exact) mass is 328 g/mol. The molecule has 0 amide bonds. The number of nitrogens with zero attached hydrogens (tertiary/aromatic N) is 1. The van der Waals surface area contributed by atoms with Crippen molar-refractivity contribution in [2.75, 3.05) is 4.72 Å². The molecule has 0 unspecified atom stereocenters. The first kappa shape index (κ1) is 15.3. The maximum Gasteiger partial charge on any atom is 0.262 e. The fourth-order valence-corrected chi connectivity index (χ4v) is 3.59. The van der Waals surface area contributed by atoms with Gasteiger partial charge in [0.15, 0.2) is 5.76 Å². The second-order valence-corrected chi connectivity index (χ2v) is 6.94. The van der Waals surface area contributed by atoms with Crippen molar-refractivity contribution in [1.82, 2.24) is 5.16 Å². The second-order valence-electron chi connectivity index (χ2n) is 5.28. The first-order valence-corrected chi connectivity index (χ1v) is 8.56. The number of benzene rings is 2. The number of aryl methyl sites for hydroxylation is 2. The quantitative estimate of drug-likeness (QED) is 0.791. The molecular weight excluding hydrogens is 312 g/mol. The number of anilines is 1. The van der Waals surface area contributed by atoms with E-state index in [1.165, 1.54) is 0 Å². The summed E-state index contributed by atoms with van der Waals surface area (Å²) >= 11 is 0. The lowest BCUT2D eigenvalue weighted by Crippen LogP contribution is -2.14. The Morgan fingerprint density at radius 1 is 1.00 bits per heavy atom. The van der Waals surface area contributed by atoms with E-state index in [0.29, 0.717) is 22.6 Å². The van der Waals surface area contributed by atoms with Crippen LogP contribution in [0, 0.1) is 13.8 Å². The van der Waals surface area contributed by atoms with Gasteiger partial charge in [-0.1, -0.05) is 35.5 Å². The number of para-hydroxylation sites is 1. The Kier molecular flexibility index (Phi) is 3.92. The van der Waals surface area contributed by atoms with Crippen molar-refractivity contribution in [2.24, 2.45) is 0 Å². The number of hydrogen-bond acceptors (Lipinski definition) is 4. The van der Waals surface area contributed by atoms with E-state index < -0.39 is 10.0 Å². The van der Waals surface area contributed by atoms with Gasteiger partial charge < -0.3 is 4.52 Å². The van der Waals surface area contributed by atoms with Crippen LogP contribution < -0.4 is 4.72 Å². The molecule has 0 spiro atoms.